The fourth-order valence-electron chi connectivity index (χ4n) is 4.01. The van der Waals surface area contributed by atoms with Crippen molar-refractivity contribution in [2.75, 3.05) is 49.9 Å². The average molecular weight is 367 g/mol. The zero-order valence-corrected chi connectivity index (χ0v) is 15.2. The number of carbonyl (C=O) groups excluding carboxylic acids is 1. The second kappa shape index (κ2) is 6.69. The van der Waals surface area contributed by atoms with Gasteiger partial charge in [-0.05, 0) is 19.3 Å². The van der Waals surface area contributed by atoms with Crippen LogP contribution in [0.5, 0.6) is 0 Å². The van der Waals surface area contributed by atoms with Crippen LogP contribution >= 0.6 is 0 Å². The Morgan fingerprint density at radius 3 is 2.76 bits per heavy atom. The number of hydrogen-bond donors (Lipinski definition) is 0. The number of amides is 1. The molecule has 0 saturated carbocycles. The molecule has 0 radical (unpaired) electrons. The van der Waals surface area contributed by atoms with E-state index in [0.29, 0.717) is 31.3 Å². The Labute approximate surface area is 148 Å². The van der Waals surface area contributed by atoms with Gasteiger partial charge in [0.15, 0.2) is 0 Å². The van der Waals surface area contributed by atoms with E-state index in [0.717, 1.165) is 51.1 Å². The molecule has 0 aromatic carbocycles. The molecule has 3 aliphatic rings. The third-order valence-electron chi connectivity index (χ3n) is 5.46. The molecule has 8 nitrogen and oxygen atoms in total. The lowest BCUT2D eigenvalue weighted by Gasteiger charge is -2.20. The van der Waals surface area contributed by atoms with Gasteiger partial charge in [0.1, 0.15) is 0 Å². The number of anilines is 1. The highest BCUT2D eigenvalue weighted by Crippen LogP contribution is 2.26. The molecule has 3 aliphatic heterocycles. The maximum Gasteiger partial charge on any atom is 0.227 e. The van der Waals surface area contributed by atoms with Gasteiger partial charge in [-0.2, -0.15) is 5.10 Å². The molecule has 1 aromatic heterocycles. The molecule has 0 N–H and O–H groups in total. The van der Waals surface area contributed by atoms with Crippen molar-refractivity contribution in [1.82, 2.24) is 19.0 Å². The molecule has 138 valence electrons. The fraction of sp³-hybridized carbons (Fsp3) is 0.750. The van der Waals surface area contributed by atoms with Crippen molar-refractivity contribution in [2.45, 2.75) is 31.7 Å². The Bertz CT molecular complexity index is 747. The maximum absolute atomic E-state index is 11.9. The first-order chi connectivity index (χ1) is 12.0. The van der Waals surface area contributed by atoms with Crippen molar-refractivity contribution in [3.63, 3.8) is 0 Å². The third-order valence-corrected chi connectivity index (χ3v) is 7.42. The summed E-state index contributed by atoms with van der Waals surface area (Å²) in [4.78, 5) is 16.0. The molecule has 1 amide bonds. The van der Waals surface area contributed by atoms with Gasteiger partial charge in [0.05, 0.1) is 23.7 Å². The zero-order valence-electron chi connectivity index (χ0n) is 14.4. The lowest BCUT2D eigenvalue weighted by atomic mass is 10.3. The number of sulfonamides is 1. The monoisotopic (exact) mass is 367 g/mol. The molecular weight excluding hydrogens is 342 g/mol. The van der Waals surface area contributed by atoms with E-state index in [1.807, 2.05) is 15.8 Å². The van der Waals surface area contributed by atoms with Crippen molar-refractivity contribution in [2.24, 2.45) is 0 Å². The van der Waals surface area contributed by atoms with Gasteiger partial charge in [-0.15, -0.1) is 0 Å². The Kier molecular flexibility index (Phi) is 4.55. The molecule has 1 unspecified atom stereocenters. The van der Waals surface area contributed by atoms with Gasteiger partial charge in [-0.1, -0.05) is 0 Å². The summed E-state index contributed by atoms with van der Waals surface area (Å²) in [5.41, 5.74) is 0.893. The van der Waals surface area contributed by atoms with E-state index in [1.165, 1.54) is 0 Å². The first-order valence-electron chi connectivity index (χ1n) is 9.08. The second-order valence-corrected chi connectivity index (χ2v) is 9.23. The van der Waals surface area contributed by atoms with E-state index in [4.69, 9.17) is 0 Å². The van der Waals surface area contributed by atoms with E-state index in [9.17, 15) is 13.2 Å². The Morgan fingerprint density at radius 1 is 1.16 bits per heavy atom. The summed E-state index contributed by atoms with van der Waals surface area (Å²) in [5.74, 6) is 0.473. The van der Waals surface area contributed by atoms with Crippen molar-refractivity contribution in [3.8, 4) is 0 Å². The minimum Gasteiger partial charge on any atom is -0.309 e. The van der Waals surface area contributed by atoms with Gasteiger partial charge in [0.2, 0.25) is 15.9 Å². The first kappa shape index (κ1) is 17.0. The van der Waals surface area contributed by atoms with Gasteiger partial charge in [-0.3, -0.25) is 14.4 Å². The van der Waals surface area contributed by atoms with Crippen molar-refractivity contribution >= 4 is 21.6 Å². The highest BCUT2D eigenvalue weighted by molar-refractivity contribution is 7.89. The van der Waals surface area contributed by atoms with Crippen LogP contribution in [-0.2, 0) is 14.8 Å². The van der Waals surface area contributed by atoms with E-state index >= 15 is 0 Å². The van der Waals surface area contributed by atoms with Crippen LogP contribution in [0, 0.1) is 0 Å². The molecule has 25 heavy (non-hydrogen) atoms. The minimum atomic E-state index is -3.00. The van der Waals surface area contributed by atoms with Crippen molar-refractivity contribution < 1.29 is 13.2 Å². The van der Waals surface area contributed by atoms with E-state index in [-0.39, 0.29) is 5.91 Å². The fourth-order valence-corrected chi connectivity index (χ4v) is 5.53. The molecule has 3 saturated heterocycles. The van der Waals surface area contributed by atoms with Crippen LogP contribution in [0.15, 0.2) is 12.4 Å². The lowest BCUT2D eigenvalue weighted by molar-refractivity contribution is -0.117. The maximum atomic E-state index is 11.9. The molecule has 1 atom stereocenters. The molecule has 0 bridgehead atoms. The molecule has 0 aliphatic carbocycles. The summed E-state index contributed by atoms with van der Waals surface area (Å²) in [6.45, 7) is 4.63. The van der Waals surface area contributed by atoms with Crippen LogP contribution in [0.4, 0.5) is 5.69 Å². The summed E-state index contributed by atoms with van der Waals surface area (Å²) in [5, 5.41) is 4.46. The van der Waals surface area contributed by atoms with Crippen LogP contribution in [-0.4, -0.2) is 78.3 Å². The Morgan fingerprint density at radius 2 is 2.04 bits per heavy atom. The lowest BCUT2D eigenvalue weighted by Crippen LogP contribution is -2.35. The number of rotatable bonds is 5. The van der Waals surface area contributed by atoms with Gasteiger partial charge in [0, 0.05) is 51.9 Å². The molecule has 3 fully saturated rings. The van der Waals surface area contributed by atoms with Crippen molar-refractivity contribution in [1.29, 1.82) is 0 Å². The second-order valence-electron chi connectivity index (χ2n) is 7.14. The van der Waals surface area contributed by atoms with Crippen LogP contribution in [0.25, 0.3) is 0 Å². The molecule has 4 rings (SSSR count). The standard InChI is InChI=1S/C16H25N5O3S/c22-16-3-1-6-20(16)15-11-17-21(13-15)14-4-7-18(12-14)8-9-19-5-2-10-25(19,23)24/h11,13-14H,1-10,12H2. The molecule has 4 heterocycles. The number of nitrogens with zero attached hydrogens (tertiary/aromatic N) is 5. The quantitative estimate of drug-likeness (QED) is 0.748. The third kappa shape index (κ3) is 3.45. The SMILES string of the molecule is O=C1CCCN1c1cnn(C2CCN(CCN3CCCS3(=O)=O)C2)c1. The number of carbonyl (C=O) groups is 1. The average Bonchev–Trinajstić information content (AvgIpc) is 3.31. The number of hydrogen-bond acceptors (Lipinski definition) is 5. The predicted octanol–water partition coefficient (Wildman–Crippen LogP) is 0.292. The Hall–Kier alpha value is -1.45. The highest BCUT2D eigenvalue weighted by atomic mass is 32.2. The largest absolute Gasteiger partial charge is 0.309 e. The van der Waals surface area contributed by atoms with Crippen LogP contribution in [0.1, 0.15) is 31.7 Å². The molecular formula is C16H25N5O3S. The molecule has 1 aromatic rings. The van der Waals surface area contributed by atoms with Crippen molar-refractivity contribution in [3.05, 3.63) is 12.4 Å². The summed E-state index contributed by atoms with van der Waals surface area (Å²) in [6, 6.07) is 0.293. The van der Waals surface area contributed by atoms with Crippen LogP contribution < -0.4 is 4.90 Å². The summed E-state index contributed by atoms with van der Waals surface area (Å²) in [6.07, 6.45) is 7.05. The van der Waals surface area contributed by atoms with Gasteiger partial charge in [0.25, 0.3) is 0 Å². The smallest absolute Gasteiger partial charge is 0.227 e. The van der Waals surface area contributed by atoms with Crippen LogP contribution in [0.2, 0.25) is 0 Å². The van der Waals surface area contributed by atoms with E-state index in [1.54, 1.807) is 10.5 Å². The minimum absolute atomic E-state index is 0.180. The van der Waals surface area contributed by atoms with Gasteiger partial charge >= 0.3 is 0 Å². The highest BCUT2D eigenvalue weighted by Gasteiger charge is 2.30. The normalized spacial score (nSPS) is 27.6. The van der Waals surface area contributed by atoms with E-state index < -0.39 is 10.0 Å². The summed E-state index contributed by atoms with van der Waals surface area (Å²) >= 11 is 0. The zero-order chi connectivity index (χ0) is 17.4. The predicted molar refractivity (Wildman–Crippen MR) is 93.9 cm³/mol. The first-order valence-corrected chi connectivity index (χ1v) is 10.7. The topological polar surface area (TPSA) is 78.8 Å². The number of aromatic nitrogens is 2. The van der Waals surface area contributed by atoms with Gasteiger partial charge in [-0.25, -0.2) is 12.7 Å². The molecule has 0 spiro atoms. The van der Waals surface area contributed by atoms with Gasteiger partial charge < -0.3 is 4.90 Å². The van der Waals surface area contributed by atoms with E-state index in [2.05, 4.69) is 10.00 Å². The summed E-state index contributed by atoms with van der Waals surface area (Å²) in [7, 11) is -3.00. The number of likely N-dealkylation sites (tertiary alicyclic amines) is 1. The summed E-state index contributed by atoms with van der Waals surface area (Å²) < 4.78 is 27.3. The van der Waals surface area contributed by atoms with Crippen LogP contribution in [0.3, 0.4) is 0 Å². The molecule has 9 heteroatoms. The Balaban J connectivity index is 1.32.